The van der Waals surface area contributed by atoms with Crippen LogP contribution in [0.15, 0.2) is 42.7 Å². The van der Waals surface area contributed by atoms with Gasteiger partial charge in [0.25, 0.3) is 0 Å². The van der Waals surface area contributed by atoms with Crippen LogP contribution in [-0.2, 0) is 9.53 Å². The molecule has 0 amide bonds. The van der Waals surface area contributed by atoms with Crippen LogP contribution in [0.2, 0.25) is 0 Å². The second kappa shape index (κ2) is 9.80. The lowest BCUT2D eigenvalue weighted by Crippen LogP contribution is -2.17. The van der Waals surface area contributed by atoms with Gasteiger partial charge in [-0.05, 0) is 30.4 Å². The van der Waals surface area contributed by atoms with Crippen molar-refractivity contribution in [3.8, 4) is 0 Å². The molecule has 2 aromatic rings. The second-order valence-electron chi connectivity index (χ2n) is 6.79. The SMILES string of the molecule is O=C(CCNc1ncccn1)OCC(=O)c1ccc(C2CCCCC2)cc1. The zero-order chi connectivity index (χ0) is 18.9. The number of hydrogen-bond donors (Lipinski definition) is 1. The number of carbonyl (C=O) groups excluding carboxylic acids is 2. The van der Waals surface area contributed by atoms with Gasteiger partial charge in [-0.2, -0.15) is 0 Å². The molecule has 0 bridgehead atoms. The monoisotopic (exact) mass is 367 g/mol. The molecule has 0 aliphatic heterocycles. The number of hydrogen-bond acceptors (Lipinski definition) is 6. The number of ether oxygens (including phenoxy) is 1. The Bertz CT molecular complexity index is 741. The van der Waals surface area contributed by atoms with E-state index in [2.05, 4.69) is 15.3 Å². The summed E-state index contributed by atoms with van der Waals surface area (Å²) in [5, 5.41) is 2.92. The Kier molecular flexibility index (Phi) is 6.90. The van der Waals surface area contributed by atoms with E-state index < -0.39 is 5.97 Å². The highest BCUT2D eigenvalue weighted by atomic mass is 16.5. The van der Waals surface area contributed by atoms with Crippen molar-refractivity contribution in [3.05, 3.63) is 53.9 Å². The number of rotatable bonds is 8. The maximum Gasteiger partial charge on any atom is 0.308 e. The van der Waals surface area contributed by atoms with Crippen molar-refractivity contribution in [3.63, 3.8) is 0 Å². The van der Waals surface area contributed by atoms with E-state index in [1.807, 2.05) is 24.3 Å². The lowest BCUT2D eigenvalue weighted by Gasteiger charge is -2.22. The van der Waals surface area contributed by atoms with Crippen molar-refractivity contribution in [1.82, 2.24) is 9.97 Å². The Hall–Kier alpha value is -2.76. The molecule has 0 radical (unpaired) electrons. The minimum atomic E-state index is -0.425. The summed E-state index contributed by atoms with van der Waals surface area (Å²) in [5.74, 6) is 0.463. The highest BCUT2D eigenvalue weighted by molar-refractivity contribution is 5.97. The fourth-order valence-electron chi connectivity index (χ4n) is 3.35. The molecular weight excluding hydrogens is 342 g/mol. The highest BCUT2D eigenvalue weighted by Gasteiger charge is 2.16. The number of nitrogens with zero attached hydrogens (tertiary/aromatic N) is 2. The lowest BCUT2D eigenvalue weighted by molar-refractivity contribution is -0.142. The van der Waals surface area contributed by atoms with Gasteiger partial charge < -0.3 is 10.1 Å². The van der Waals surface area contributed by atoms with Crippen LogP contribution < -0.4 is 5.32 Å². The Morgan fingerprint density at radius 1 is 1.04 bits per heavy atom. The molecule has 1 aliphatic carbocycles. The maximum absolute atomic E-state index is 12.2. The predicted octanol–water partition coefficient (Wildman–Crippen LogP) is 3.75. The molecule has 27 heavy (non-hydrogen) atoms. The van der Waals surface area contributed by atoms with E-state index in [4.69, 9.17) is 4.74 Å². The fraction of sp³-hybridized carbons (Fsp3) is 0.429. The normalized spacial score (nSPS) is 14.5. The average Bonchev–Trinajstić information content (AvgIpc) is 2.73. The molecule has 6 nitrogen and oxygen atoms in total. The summed E-state index contributed by atoms with van der Waals surface area (Å²) in [7, 11) is 0. The van der Waals surface area contributed by atoms with Crippen molar-refractivity contribution >= 4 is 17.7 Å². The summed E-state index contributed by atoms with van der Waals surface area (Å²) in [5.41, 5.74) is 1.88. The number of anilines is 1. The molecule has 1 N–H and O–H groups in total. The summed E-state index contributed by atoms with van der Waals surface area (Å²) in [6, 6.07) is 9.47. The quantitative estimate of drug-likeness (QED) is 0.565. The molecule has 1 saturated carbocycles. The van der Waals surface area contributed by atoms with Gasteiger partial charge in [-0.15, -0.1) is 0 Å². The van der Waals surface area contributed by atoms with Gasteiger partial charge in [0.2, 0.25) is 5.95 Å². The summed E-state index contributed by atoms with van der Waals surface area (Å²) in [6.45, 7) is 0.122. The zero-order valence-electron chi connectivity index (χ0n) is 15.4. The van der Waals surface area contributed by atoms with Gasteiger partial charge in [-0.1, -0.05) is 43.5 Å². The van der Waals surface area contributed by atoms with Crippen LogP contribution in [0.4, 0.5) is 5.95 Å². The first-order valence-electron chi connectivity index (χ1n) is 9.52. The molecule has 1 aromatic carbocycles. The van der Waals surface area contributed by atoms with Gasteiger partial charge >= 0.3 is 5.97 Å². The summed E-state index contributed by atoms with van der Waals surface area (Å²) in [6.07, 6.45) is 9.73. The standard InChI is InChI=1S/C21H25N3O3/c25-19(15-27-20(26)11-14-24-21-22-12-4-13-23-21)18-9-7-17(8-10-18)16-5-2-1-3-6-16/h4,7-10,12-13,16H,1-3,5-6,11,14-15H2,(H,22,23,24). The maximum atomic E-state index is 12.2. The minimum Gasteiger partial charge on any atom is -0.457 e. The van der Waals surface area contributed by atoms with Crippen molar-refractivity contribution in [2.45, 2.75) is 44.4 Å². The summed E-state index contributed by atoms with van der Waals surface area (Å²) in [4.78, 5) is 32.0. The van der Waals surface area contributed by atoms with Crippen LogP contribution in [0.3, 0.4) is 0 Å². The Morgan fingerprint density at radius 3 is 2.44 bits per heavy atom. The third-order valence-electron chi connectivity index (χ3n) is 4.85. The van der Waals surface area contributed by atoms with Gasteiger partial charge in [-0.25, -0.2) is 9.97 Å². The van der Waals surface area contributed by atoms with E-state index in [1.165, 1.54) is 37.7 Å². The van der Waals surface area contributed by atoms with E-state index in [-0.39, 0.29) is 18.8 Å². The molecular formula is C21H25N3O3. The first-order chi connectivity index (χ1) is 13.2. The van der Waals surface area contributed by atoms with E-state index in [1.54, 1.807) is 18.5 Å². The third kappa shape index (κ3) is 5.88. The predicted molar refractivity (Wildman–Crippen MR) is 103 cm³/mol. The Labute approximate surface area is 159 Å². The molecule has 1 heterocycles. The zero-order valence-corrected chi connectivity index (χ0v) is 15.4. The average molecular weight is 367 g/mol. The van der Waals surface area contributed by atoms with Crippen molar-refractivity contribution in [2.24, 2.45) is 0 Å². The molecule has 6 heteroatoms. The van der Waals surface area contributed by atoms with Crippen molar-refractivity contribution in [2.75, 3.05) is 18.5 Å². The Morgan fingerprint density at radius 2 is 1.74 bits per heavy atom. The molecule has 1 aromatic heterocycles. The molecule has 0 spiro atoms. The number of ketones is 1. The number of nitrogens with one attached hydrogen (secondary N) is 1. The lowest BCUT2D eigenvalue weighted by atomic mass is 9.84. The van der Waals surface area contributed by atoms with E-state index in [0.717, 1.165) is 0 Å². The van der Waals surface area contributed by atoms with Gasteiger partial charge in [0, 0.05) is 24.5 Å². The fourth-order valence-corrected chi connectivity index (χ4v) is 3.35. The van der Waals surface area contributed by atoms with E-state index >= 15 is 0 Å². The Balaban J connectivity index is 1.39. The first kappa shape index (κ1) is 19.0. The number of esters is 1. The van der Waals surface area contributed by atoms with Crippen LogP contribution in [0.5, 0.6) is 0 Å². The molecule has 0 atom stereocenters. The summed E-state index contributed by atoms with van der Waals surface area (Å²) >= 11 is 0. The van der Waals surface area contributed by atoms with Crippen LogP contribution >= 0.6 is 0 Å². The molecule has 1 fully saturated rings. The van der Waals surface area contributed by atoms with Gasteiger partial charge in [0.1, 0.15) is 0 Å². The van der Waals surface area contributed by atoms with E-state index in [0.29, 0.717) is 24.0 Å². The molecule has 3 rings (SSSR count). The van der Waals surface area contributed by atoms with Crippen molar-refractivity contribution in [1.29, 1.82) is 0 Å². The summed E-state index contributed by atoms with van der Waals surface area (Å²) < 4.78 is 5.07. The minimum absolute atomic E-state index is 0.145. The molecule has 1 aliphatic rings. The topological polar surface area (TPSA) is 81.2 Å². The van der Waals surface area contributed by atoms with Gasteiger partial charge in [0.15, 0.2) is 12.4 Å². The number of carbonyl (C=O) groups is 2. The first-order valence-corrected chi connectivity index (χ1v) is 9.52. The van der Waals surface area contributed by atoms with Crippen LogP contribution in [0.25, 0.3) is 0 Å². The number of benzene rings is 1. The smallest absolute Gasteiger partial charge is 0.308 e. The van der Waals surface area contributed by atoms with Crippen LogP contribution in [-0.4, -0.2) is 34.9 Å². The highest BCUT2D eigenvalue weighted by Crippen LogP contribution is 2.32. The number of aromatic nitrogens is 2. The van der Waals surface area contributed by atoms with Crippen molar-refractivity contribution < 1.29 is 14.3 Å². The molecule has 0 saturated heterocycles. The molecule has 0 unspecified atom stereocenters. The van der Waals surface area contributed by atoms with E-state index in [9.17, 15) is 9.59 Å². The number of Topliss-reactive ketones (excluding diaryl/α,β-unsaturated/α-hetero) is 1. The van der Waals surface area contributed by atoms with Crippen LogP contribution in [0, 0.1) is 0 Å². The van der Waals surface area contributed by atoms with Gasteiger partial charge in [0.05, 0.1) is 6.42 Å². The molecule has 142 valence electrons. The van der Waals surface area contributed by atoms with Gasteiger partial charge in [-0.3, -0.25) is 9.59 Å². The van der Waals surface area contributed by atoms with Crippen LogP contribution in [0.1, 0.15) is 60.4 Å². The largest absolute Gasteiger partial charge is 0.457 e. The second-order valence-corrected chi connectivity index (χ2v) is 6.79. The third-order valence-corrected chi connectivity index (χ3v) is 4.85.